The quantitative estimate of drug-likeness (QED) is 0.791. The van der Waals surface area contributed by atoms with Gasteiger partial charge < -0.3 is 0 Å². The van der Waals surface area contributed by atoms with Crippen LogP contribution in [-0.4, -0.2) is 9.55 Å². The second kappa shape index (κ2) is 5.21. The zero-order valence-electron chi connectivity index (χ0n) is 10.0. The number of aryl methyl sites for hydroxylation is 1. The fourth-order valence-electron chi connectivity index (χ4n) is 1.77. The van der Waals surface area contributed by atoms with Gasteiger partial charge in [0.25, 0.3) is 5.56 Å². The van der Waals surface area contributed by atoms with Gasteiger partial charge in [-0.1, -0.05) is 11.6 Å². The van der Waals surface area contributed by atoms with Gasteiger partial charge in [-0.15, -0.1) is 0 Å². The van der Waals surface area contributed by atoms with Crippen molar-refractivity contribution in [1.29, 1.82) is 5.26 Å². The maximum absolute atomic E-state index is 13.3. The Morgan fingerprint density at radius 1 is 1.42 bits per heavy atom. The van der Waals surface area contributed by atoms with Gasteiger partial charge in [0.05, 0.1) is 18.2 Å². The first-order valence-electron chi connectivity index (χ1n) is 5.43. The number of hydrogen-bond donors (Lipinski definition) is 0. The van der Waals surface area contributed by atoms with Crippen LogP contribution in [0.2, 0.25) is 5.15 Å². The van der Waals surface area contributed by atoms with Gasteiger partial charge in [-0.05, 0) is 30.7 Å². The minimum Gasteiger partial charge on any atom is -0.292 e. The van der Waals surface area contributed by atoms with Gasteiger partial charge >= 0.3 is 0 Å². The molecule has 0 saturated heterocycles. The Kier molecular flexibility index (Phi) is 3.63. The van der Waals surface area contributed by atoms with E-state index >= 15 is 0 Å². The Morgan fingerprint density at radius 2 is 2.16 bits per heavy atom. The van der Waals surface area contributed by atoms with Crippen LogP contribution < -0.4 is 5.56 Å². The molecule has 0 aliphatic carbocycles. The van der Waals surface area contributed by atoms with Crippen molar-refractivity contribution >= 4 is 11.6 Å². The molecular formula is C13H9ClFN3O. The van der Waals surface area contributed by atoms with E-state index < -0.39 is 5.82 Å². The molecule has 0 saturated carbocycles. The molecule has 0 spiro atoms. The summed E-state index contributed by atoms with van der Waals surface area (Å²) in [6, 6.07) is 7.01. The molecule has 19 heavy (non-hydrogen) atoms. The van der Waals surface area contributed by atoms with Crippen LogP contribution in [0.25, 0.3) is 0 Å². The van der Waals surface area contributed by atoms with E-state index in [1.54, 1.807) is 6.92 Å². The molecule has 0 unspecified atom stereocenters. The van der Waals surface area contributed by atoms with Crippen LogP contribution in [-0.2, 0) is 6.54 Å². The number of nitriles is 1. The van der Waals surface area contributed by atoms with Crippen molar-refractivity contribution in [2.45, 2.75) is 13.5 Å². The normalized spacial score (nSPS) is 10.2. The fourth-order valence-corrected chi connectivity index (χ4v) is 1.98. The summed E-state index contributed by atoms with van der Waals surface area (Å²) in [5.41, 5.74) is 0.411. The van der Waals surface area contributed by atoms with Crippen LogP contribution in [0.1, 0.15) is 17.0 Å². The van der Waals surface area contributed by atoms with Crippen molar-refractivity contribution < 1.29 is 4.39 Å². The lowest BCUT2D eigenvalue weighted by molar-refractivity contribution is 0.620. The van der Waals surface area contributed by atoms with Crippen molar-refractivity contribution in [3.63, 3.8) is 0 Å². The van der Waals surface area contributed by atoms with Gasteiger partial charge in [0, 0.05) is 6.07 Å². The Labute approximate surface area is 113 Å². The average molecular weight is 278 g/mol. The highest BCUT2D eigenvalue weighted by atomic mass is 35.5. The molecular weight excluding hydrogens is 269 g/mol. The van der Waals surface area contributed by atoms with Gasteiger partial charge in [0.1, 0.15) is 16.8 Å². The highest BCUT2D eigenvalue weighted by molar-refractivity contribution is 6.29. The molecule has 0 atom stereocenters. The number of halogens is 2. The molecule has 0 aliphatic rings. The van der Waals surface area contributed by atoms with Crippen LogP contribution in [0.4, 0.5) is 4.39 Å². The van der Waals surface area contributed by atoms with Gasteiger partial charge in [0.15, 0.2) is 0 Å². The van der Waals surface area contributed by atoms with Crippen LogP contribution in [0.15, 0.2) is 29.1 Å². The molecule has 0 N–H and O–H groups in total. The molecule has 2 aromatic rings. The van der Waals surface area contributed by atoms with E-state index in [0.29, 0.717) is 11.4 Å². The highest BCUT2D eigenvalue weighted by Crippen LogP contribution is 2.11. The zero-order chi connectivity index (χ0) is 14.0. The van der Waals surface area contributed by atoms with Gasteiger partial charge in [0.2, 0.25) is 0 Å². The molecule has 4 nitrogen and oxygen atoms in total. The predicted octanol–water partition coefficient (Wildman–Crippen LogP) is 2.26. The van der Waals surface area contributed by atoms with Crippen molar-refractivity contribution in [3.05, 3.63) is 62.5 Å². The Balaban J connectivity index is 2.45. The number of benzene rings is 1. The number of aromatic nitrogens is 2. The molecule has 96 valence electrons. The van der Waals surface area contributed by atoms with Crippen molar-refractivity contribution in [2.24, 2.45) is 0 Å². The van der Waals surface area contributed by atoms with Crippen LogP contribution >= 0.6 is 11.6 Å². The van der Waals surface area contributed by atoms with E-state index in [-0.39, 0.29) is 22.8 Å². The van der Waals surface area contributed by atoms with Gasteiger partial charge in [-0.3, -0.25) is 9.36 Å². The van der Waals surface area contributed by atoms with Gasteiger partial charge in [-0.25, -0.2) is 9.37 Å². The predicted molar refractivity (Wildman–Crippen MR) is 68.5 cm³/mol. The summed E-state index contributed by atoms with van der Waals surface area (Å²) in [5, 5.41) is 8.90. The van der Waals surface area contributed by atoms with E-state index in [0.717, 1.165) is 6.07 Å². The number of rotatable bonds is 2. The fraction of sp³-hybridized carbons (Fsp3) is 0.154. The summed E-state index contributed by atoms with van der Waals surface area (Å²) in [6.07, 6.45) is 0. The lowest BCUT2D eigenvalue weighted by Gasteiger charge is -2.09. The van der Waals surface area contributed by atoms with E-state index in [2.05, 4.69) is 4.98 Å². The standard InChI is InChI=1S/C13H9ClFN3O/c1-8-17-12(14)5-13(19)18(8)7-10-2-9(6-16)3-11(15)4-10/h2-5H,7H2,1H3. The zero-order valence-corrected chi connectivity index (χ0v) is 10.8. The third-order valence-corrected chi connectivity index (χ3v) is 2.79. The Bertz CT molecular complexity index is 734. The van der Waals surface area contributed by atoms with Crippen LogP contribution in [0.5, 0.6) is 0 Å². The summed E-state index contributed by atoms with van der Waals surface area (Å²) in [7, 11) is 0. The minimum atomic E-state index is -0.512. The molecule has 1 aromatic carbocycles. The second-order valence-corrected chi connectivity index (χ2v) is 4.40. The molecule has 1 heterocycles. The highest BCUT2D eigenvalue weighted by Gasteiger charge is 2.07. The van der Waals surface area contributed by atoms with Crippen LogP contribution in [0.3, 0.4) is 0 Å². The summed E-state index contributed by atoms with van der Waals surface area (Å²) in [6.45, 7) is 1.78. The smallest absolute Gasteiger partial charge is 0.255 e. The first-order valence-corrected chi connectivity index (χ1v) is 5.81. The average Bonchev–Trinajstić information content (AvgIpc) is 2.33. The minimum absolute atomic E-state index is 0.121. The number of hydrogen-bond acceptors (Lipinski definition) is 3. The lowest BCUT2D eigenvalue weighted by Crippen LogP contribution is -2.23. The molecule has 0 radical (unpaired) electrons. The van der Waals surface area contributed by atoms with E-state index in [1.165, 1.54) is 22.8 Å². The summed E-state index contributed by atoms with van der Waals surface area (Å²) in [5.74, 6) is -0.0815. The first-order chi connectivity index (χ1) is 8.99. The maximum atomic E-state index is 13.3. The van der Waals surface area contributed by atoms with Gasteiger partial charge in [-0.2, -0.15) is 5.26 Å². The van der Waals surface area contributed by atoms with Crippen LogP contribution in [0, 0.1) is 24.1 Å². The first kappa shape index (κ1) is 13.2. The molecule has 0 amide bonds. The third kappa shape index (κ3) is 2.98. The SMILES string of the molecule is Cc1nc(Cl)cc(=O)n1Cc1cc(F)cc(C#N)c1. The third-order valence-electron chi connectivity index (χ3n) is 2.60. The lowest BCUT2D eigenvalue weighted by atomic mass is 10.1. The van der Waals surface area contributed by atoms with E-state index in [1.807, 2.05) is 6.07 Å². The molecule has 2 rings (SSSR count). The van der Waals surface area contributed by atoms with E-state index in [9.17, 15) is 9.18 Å². The Morgan fingerprint density at radius 3 is 2.79 bits per heavy atom. The Hall–Kier alpha value is -2.19. The molecule has 0 bridgehead atoms. The second-order valence-electron chi connectivity index (χ2n) is 4.01. The molecule has 1 aromatic heterocycles. The summed E-state index contributed by atoms with van der Waals surface area (Å²) < 4.78 is 14.7. The molecule has 0 fully saturated rings. The molecule has 6 heteroatoms. The largest absolute Gasteiger partial charge is 0.292 e. The van der Waals surface area contributed by atoms with Crippen molar-refractivity contribution in [3.8, 4) is 6.07 Å². The summed E-state index contributed by atoms with van der Waals surface area (Å²) >= 11 is 5.67. The summed E-state index contributed by atoms with van der Waals surface area (Å²) in [4.78, 5) is 15.7. The monoisotopic (exact) mass is 277 g/mol. The maximum Gasteiger partial charge on any atom is 0.255 e. The topological polar surface area (TPSA) is 58.7 Å². The van der Waals surface area contributed by atoms with Crippen molar-refractivity contribution in [2.75, 3.05) is 0 Å². The molecule has 0 aliphatic heterocycles. The van der Waals surface area contributed by atoms with Crippen molar-refractivity contribution in [1.82, 2.24) is 9.55 Å². The number of nitrogens with zero attached hydrogens (tertiary/aromatic N) is 3. The van der Waals surface area contributed by atoms with E-state index in [4.69, 9.17) is 16.9 Å².